The Hall–Kier alpha value is -2.35. The number of amides is 1. The maximum absolute atomic E-state index is 12.8. The summed E-state index contributed by atoms with van der Waals surface area (Å²) in [6.07, 6.45) is 0.244. The molecule has 2 aromatic carbocycles. The lowest BCUT2D eigenvalue weighted by Crippen LogP contribution is -2.17. The zero-order valence-electron chi connectivity index (χ0n) is 14.4. The van der Waals surface area contributed by atoms with Crippen LogP contribution in [0, 0.1) is 6.92 Å². The van der Waals surface area contributed by atoms with Gasteiger partial charge in [-0.15, -0.1) is 11.3 Å². The molecule has 0 aliphatic rings. The Bertz CT molecular complexity index is 1060. The highest BCUT2D eigenvalue weighted by atomic mass is 35.5. The molecule has 1 heterocycles. The molecule has 0 unspecified atom stereocenters. The summed E-state index contributed by atoms with van der Waals surface area (Å²) < 4.78 is 28.0. The number of carbonyl (C=O) groups is 1. The van der Waals surface area contributed by atoms with Crippen molar-refractivity contribution in [3.05, 3.63) is 75.4 Å². The summed E-state index contributed by atoms with van der Waals surface area (Å²) >= 11 is 7.41. The van der Waals surface area contributed by atoms with Crippen molar-refractivity contribution in [2.75, 3.05) is 10.0 Å². The van der Waals surface area contributed by atoms with Gasteiger partial charge in [0.25, 0.3) is 10.0 Å². The second-order valence-corrected chi connectivity index (χ2v) is 9.02. The normalized spacial score (nSPS) is 11.2. The molecular formula is C19H17ClN2O3S2. The van der Waals surface area contributed by atoms with Crippen LogP contribution in [0.1, 0.15) is 10.4 Å². The summed E-state index contributed by atoms with van der Waals surface area (Å²) in [5.41, 5.74) is 1.36. The van der Waals surface area contributed by atoms with Crippen LogP contribution in [0.3, 0.4) is 0 Å². The van der Waals surface area contributed by atoms with Gasteiger partial charge in [0, 0.05) is 15.6 Å². The highest BCUT2D eigenvalue weighted by Gasteiger charge is 2.18. The SMILES string of the molecule is Cc1ccc(NC(=O)Cc2cccs2)cc1S(=O)(=O)Nc1cccc(Cl)c1. The van der Waals surface area contributed by atoms with Crippen molar-refractivity contribution in [1.82, 2.24) is 0 Å². The molecule has 1 amide bonds. The number of hydrogen-bond acceptors (Lipinski definition) is 4. The first-order valence-electron chi connectivity index (χ1n) is 8.05. The maximum atomic E-state index is 12.8. The third-order valence-corrected chi connectivity index (χ3v) is 6.39. The quantitative estimate of drug-likeness (QED) is 0.607. The maximum Gasteiger partial charge on any atom is 0.262 e. The van der Waals surface area contributed by atoms with Gasteiger partial charge in [0.05, 0.1) is 17.0 Å². The second-order valence-electron chi connectivity index (χ2n) is 5.90. The van der Waals surface area contributed by atoms with Crippen LogP contribution in [0.4, 0.5) is 11.4 Å². The zero-order chi connectivity index (χ0) is 19.4. The fourth-order valence-electron chi connectivity index (χ4n) is 2.51. The van der Waals surface area contributed by atoms with Gasteiger partial charge >= 0.3 is 0 Å². The van der Waals surface area contributed by atoms with Crippen LogP contribution in [0.25, 0.3) is 0 Å². The summed E-state index contributed by atoms with van der Waals surface area (Å²) in [6.45, 7) is 1.70. The smallest absolute Gasteiger partial charge is 0.262 e. The van der Waals surface area contributed by atoms with Gasteiger partial charge in [-0.2, -0.15) is 0 Å². The van der Waals surface area contributed by atoms with Gasteiger partial charge < -0.3 is 5.32 Å². The van der Waals surface area contributed by atoms with Crippen LogP contribution in [-0.4, -0.2) is 14.3 Å². The lowest BCUT2D eigenvalue weighted by molar-refractivity contribution is -0.115. The summed E-state index contributed by atoms with van der Waals surface area (Å²) in [7, 11) is -3.83. The first-order chi connectivity index (χ1) is 12.8. The number of nitrogens with one attached hydrogen (secondary N) is 2. The number of sulfonamides is 1. The molecule has 2 N–H and O–H groups in total. The molecule has 0 atom stereocenters. The molecule has 0 aliphatic heterocycles. The lowest BCUT2D eigenvalue weighted by Gasteiger charge is -2.13. The second kappa shape index (κ2) is 8.12. The topological polar surface area (TPSA) is 75.3 Å². The van der Waals surface area contributed by atoms with E-state index in [9.17, 15) is 13.2 Å². The summed E-state index contributed by atoms with van der Waals surface area (Å²) in [5.74, 6) is -0.201. The fourth-order valence-corrected chi connectivity index (χ4v) is 4.72. The predicted octanol–water partition coefficient (Wildman–Crippen LogP) is 4.69. The standard InChI is InChI=1S/C19H17ClN2O3S2/c1-13-7-8-15(21-19(23)12-17-6-3-9-26-17)11-18(13)27(24,25)22-16-5-2-4-14(20)10-16/h2-11,22H,12H2,1H3,(H,21,23). The van der Waals surface area contributed by atoms with Crippen molar-refractivity contribution in [2.45, 2.75) is 18.2 Å². The van der Waals surface area contributed by atoms with Crippen molar-refractivity contribution in [1.29, 1.82) is 0 Å². The van der Waals surface area contributed by atoms with Crippen molar-refractivity contribution in [2.24, 2.45) is 0 Å². The number of hydrogen-bond donors (Lipinski definition) is 2. The van der Waals surface area contributed by atoms with E-state index in [1.807, 2.05) is 17.5 Å². The van der Waals surface area contributed by atoms with E-state index in [1.54, 1.807) is 37.3 Å². The van der Waals surface area contributed by atoms with Gasteiger partial charge in [0.2, 0.25) is 5.91 Å². The average molecular weight is 421 g/mol. The first-order valence-corrected chi connectivity index (χ1v) is 10.8. The van der Waals surface area contributed by atoms with Crippen LogP contribution in [0.15, 0.2) is 64.9 Å². The van der Waals surface area contributed by atoms with E-state index in [1.165, 1.54) is 23.5 Å². The van der Waals surface area contributed by atoms with Gasteiger partial charge in [0.15, 0.2) is 0 Å². The largest absolute Gasteiger partial charge is 0.326 e. The van der Waals surface area contributed by atoms with Gasteiger partial charge in [0.1, 0.15) is 0 Å². The number of benzene rings is 2. The Morgan fingerprint density at radius 3 is 2.59 bits per heavy atom. The van der Waals surface area contributed by atoms with Gasteiger partial charge in [-0.1, -0.05) is 29.8 Å². The molecule has 3 aromatic rings. The fraction of sp³-hybridized carbons (Fsp3) is 0.105. The Kier molecular flexibility index (Phi) is 5.84. The molecule has 0 aliphatic carbocycles. The highest BCUT2D eigenvalue weighted by molar-refractivity contribution is 7.92. The predicted molar refractivity (Wildman–Crippen MR) is 110 cm³/mol. The van der Waals surface area contributed by atoms with Crippen molar-refractivity contribution < 1.29 is 13.2 Å². The Balaban J connectivity index is 1.80. The summed E-state index contributed by atoms with van der Waals surface area (Å²) in [5, 5.41) is 5.08. The molecule has 1 aromatic heterocycles. The number of halogens is 1. The van der Waals surface area contributed by atoms with E-state index in [-0.39, 0.29) is 17.2 Å². The number of carbonyl (C=O) groups excluding carboxylic acids is 1. The van der Waals surface area contributed by atoms with Crippen molar-refractivity contribution in [3.63, 3.8) is 0 Å². The van der Waals surface area contributed by atoms with Gasteiger partial charge in [-0.3, -0.25) is 9.52 Å². The van der Waals surface area contributed by atoms with E-state index in [0.717, 1.165) is 4.88 Å². The van der Waals surface area contributed by atoms with Crippen LogP contribution in [0.5, 0.6) is 0 Å². The van der Waals surface area contributed by atoms with E-state index in [0.29, 0.717) is 22.0 Å². The van der Waals surface area contributed by atoms with Crippen LogP contribution < -0.4 is 10.0 Å². The molecule has 8 heteroatoms. The molecule has 0 saturated carbocycles. The van der Waals surface area contributed by atoms with E-state index < -0.39 is 10.0 Å². The Morgan fingerprint density at radius 1 is 1.07 bits per heavy atom. The zero-order valence-corrected chi connectivity index (χ0v) is 16.8. The van der Waals surface area contributed by atoms with Gasteiger partial charge in [-0.05, 0) is 54.3 Å². The lowest BCUT2D eigenvalue weighted by atomic mass is 10.2. The van der Waals surface area contributed by atoms with E-state index in [2.05, 4.69) is 10.0 Å². The van der Waals surface area contributed by atoms with E-state index >= 15 is 0 Å². The number of thiophene rings is 1. The number of rotatable bonds is 6. The number of aryl methyl sites for hydroxylation is 1. The van der Waals surface area contributed by atoms with Crippen LogP contribution in [-0.2, 0) is 21.2 Å². The summed E-state index contributed by atoms with van der Waals surface area (Å²) in [4.78, 5) is 13.2. The first kappa shape index (κ1) is 19.4. The van der Waals surface area contributed by atoms with Crippen molar-refractivity contribution >= 4 is 50.2 Å². The molecule has 0 radical (unpaired) electrons. The molecule has 0 fully saturated rings. The Morgan fingerprint density at radius 2 is 1.89 bits per heavy atom. The average Bonchev–Trinajstić information content (AvgIpc) is 3.09. The Labute approximate surface area is 167 Å². The molecule has 140 valence electrons. The molecule has 0 bridgehead atoms. The molecule has 5 nitrogen and oxygen atoms in total. The monoisotopic (exact) mass is 420 g/mol. The van der Waals surface area contributed by atoms with Crippen LogP contribution >= 0.6 is 22.9 Å². The molecule has 3 rings (SSSR count). The minimum absolute atomic E-state index is 0.0939. The molecule has 0 saturated heterocycles. The van der Waals surface area contributed by atoms with Gasteiger partial charge in [-0.25, -0.2) is 8.42 Å². The third kappa shape index (κ3) is 5.09. The number of anilines is 2. The minimum Gasteiger partial charge on any atom is -0.326 e. The molecular weight excluding hydrogens is 404 g/mol. The molecule has 27 heavy (non-hydrogen) atoms. The third-order valence-electron chi connectivity index (χ3n) is 3.75. The van der Waals surface area contributed by atoms with Crippen LogP contribution in [0.2, 0.25) is 5.02 Å². The minimum atomic E-state index is -3.83. The van der Waals surface area contributed by atoms with E-state index in [4.69, 9.17) is 11.6 Å². The molecule has 0 spiro atoms. The summed E-state index contributed by atoms with van der Waals surface area (Å²) in [6, 6.07) is 15.0. The highest BCUT2D eigenvalue weighted by Crippen LogP contribution is 2.24. The van der Waals surface area contributed by atoms with Crippen molar-refractivity contribution in [3.8, 4) is 0 Å².